The molecule has 0 spiro atoms. The lowest BCUT2D eigenvalue weighted by Gasteiger charge is -2.16. The SMILES string of the molecule is O=S(=O)(c1ccc(F)c(S(=O)(=O)C(F)(F)F)c1)N1CCC(F)C1. The van der Waals surface area contributed by atoms with Crippen molar-refractivity contribution in [3.63, 3.8) is 0 Å². The fourth-order valence-electron chi connectivity index (χ4n) is 2.03. The molecule has 1 aliphatic heterocycles. The molecule has 1 heterocycles. The fraction of sp³-hybridized carbons (Fsp3) is 0.455. The van der Waals surface area contributed by atoms with Gasteiger partial charge in [0.15, 0.2) is 0 Å². The van der Waals surface area contributed by atoms with E-state index in [-0.39, 0.29) is 19.0 Å². The van der Waals surface area contributed by atoms with Crippen LogP contribution in [0.5, 0.6) is 0 Å². The molecule has 1 saturated heterocycles. The number of nitrogens with zero attached hydrogens (tertiary/aromatic N) is 1. The van der Waals surface area contributed by atoms with Crippen LogP contribution < -0.4 is 0 Å². The normalized spacial score (nSPS) is 20.8. The Morgan fingerprint density at radius 3 is 2.22 bits per heavy atom. The Labute approximate surface area is 128 Å². The van der Waals surface area contributed by atoms with Crippen LogP contribution in [-0.2, 0) is 19.9 Å². The van der Waals surface area contributed by atoms with E-state index in [0.717, 1.165) is 0 Å². The van der Waals surface area contributed by atoms with E-state index in [2.05, 4.69) is 0 Å². The minimum atomic E-state index is -6.06. The molecule has 0 N–H and O–H groups in total. The van der Waals surface area contributed by atoms with Gasteiger partial charge in [0.25, 0.3) is 9.84 Å². The van der Waals surface area contributed by atoms with Crippen molar-refractivity contribution in [3.05, 3.63) is 24.0 Å². The van der Waals surface area contributed by atoms with E-state index in [9.17, 15) is 38.8 Å². The third kappa shape index (κ3) is 3.19. The number of rotatable bonds is 3. The molecule has 5 nitrogen and oxygen atoms in total. The van der Waals surface area contributed by atoms with Crippen LogP contribution in [0.25, 0.3) is 0 Å². The molecule has 0 radical (unpaired) electrons. The molecule has 2 rings (SSSR count). The van der Waals surface area contributed by atoms with Gasteiger partial charge in [0.2, 0.25) is 10.0 Å². The molecule has 0 saturated carbocycles. The first-order valence-electron chi connectivity index (χ1n) is 6.12. The Balaban J connectivity index is 2.54. The number of benzene rings is 1. The standard InChI is InChI=1S/C11H10F5NO4S2/c12-7-3-4-17(6-7)23(20,21)8-1-2-9(13)10(5-8)22(18,19)11(14,15)16/h1-2,5,7H,3-4,6H2. The topological polar surface area (TPSA) is 71.5 Å². The van der Waals surface area contributed by atoms with Crippen molar-refractivity contribution in [3.8, 4) is 0 Å². The molecule has 0 aromatic heterocycles. The van der Waals surface area contributed by atoms with Crippen molar-refractivity contribution in [2.45, 2.75) is 27.9 Å². The summed E-state index contributed by atoms with van der Waals surface area (Å²) in [6, 6.07) is 1.04. The summed E-state index contributed by atoms with van der Waals surface area (Å²) in [5.41, 5.74) is -5.78. The lowest BCUT2D eigenvalue weighted by Crippen LogP contribution is -2.30. The lowest BCUT2D eigenvalue weighted by molar-refractivity contribution is -0.0437. The van der Waals surface area contributed by atoms with Crippen LogP contribution in [0.1, 0.15) is 6.42 Å². The molecule has 1 aromatic rings. The van der Waals surface area contributed by atoms with Gasteiger partial charge < -0.3 is 0 Å². The molecular formula is C11H10F5NO4S2. The van der Waals surface area contributed by atoms with E-state index < -0.39 is 53.7 Å². The highest BCUT2D eigenvalue weighted by Crippen LogP contribution is 2.33. The van der Waals surface area contributed by atoms with E-state index >= 15 is 0 Å². The second kappa shape index (κ2) is 5.67. The average molecular weight is 379 g/mol. The van der Waals surface area contributed by atoms with Crippen LogP contribution in [0.2, 0.25) is 0 Å². The number of hydrogen-bond donors (Lipinski definition) is 0. The zero-order valence-corrected chi connectivity index (χ0v) is 12.9. The number of hydrogen-bond acceptors (Lipinski definition) is 4. The van der Waals surface area contributed by atoms with Gasteiger partial charge in [-0.3, -0.25) is 0 Å². The van der Waals surface area contributed by atoms with Crippen molar-refractivity contribution in [2.24, 2.45) is 0 Å². The highest BCUT2D eigenvalue weighted by molar-refractivity contribution is 7.92. The summed E-state index contributed by atoms with van der Waals surface area (Å²) < 4.78 is 112. The van der Waals surface area contributed by atoms with E-state index in [1.54, 1.807) is 0 Å². The third-order valence-corrected chi connectivity index (χ3v) is 6.59. The zero-order valence-electron chi connectivity index (χ0n) is 11.2. The van der Waals surface area contributed by atoms with Crippen molar-refractivity contribution in [2.75, 3.05) is 13.1 Å². The summed E-state index contributed by atoms with van der Waals surface area (Å²) in [5, 5.41) is 0. The summed E-state index contributed by atoms with van der Waals surface area (Å²) in [4.78, 5) is -2.64. The molecule has 12 heteroatoms. The maximum atomic E-state index is 13.5. The number of sulfonamides is 1. The van der Waals surface area contributed by atoms with E-state index in [4.69, 9.17) is 0 Å². The summed E-state index contributed by atoms with van der Waals surface area (Å²) in [6.07, 6.45) is -1.52. The van der Waals surface area contributed by atoms with Crippen LogP contribution in [0.15, 0.2) is 28.0 Å². The quantitative estimate of drug-likeness (QED) is 0.752. The maximum Gasteiger partial charge on any atom is 0.502 e. The van der Waals surface area contributed by atoms with Gasteiger partial charge in [-0.05, 0) is 24.6 Å². The Kier molecular flexibility index (Phi) is 4.45. The molecular weight excluding hydrogens is 369 g/mol. The fourth-order valence-corrected chi connectivity index (χ4v) is 4.47. The predicted octanol–water partition coefficient (Wildman–Crippen LogP) is 1.85. The Hall–Kier alpha value is -1.27. The largest absolute Gasteiger partial charge is 0.502 e. The molecule has 1 aliphatic rings. The third-order valence-electron chi connectivity index (χ3n) is 3.23. The Morgan fingerprint density at radius 2 is 1.74 bits per heavy atom. The summed E-state index contributed by atoms with van der Waals surface area (Å²) in [5.74, 6) is -1.73. The smallest absolute Gasteiger partial charge is 0.246 e. The van der Waals surface area contributed by atoms with Gasteiger partial charge in [-0.2, -0.15) is 17.5 Å². The minimum absolute atomic E-state index is 0.0892. The molecule has 0 bridgehead atoms. The number of sulfone groups is 1. The maximum absolute atomic E-state index is 13.5. The van der Waals surface area contributed by atoms with Crippen LogP contribution in [0.4, 0.5) is 22.0 Å². The summed E-state index contributed by atoms with van der Waals surface area (Å²) in [7, 11) is -10.5. The highest BCUT2D eigenvalue weighted by atomic mass is 32.2. The van der Waals surface area contributed by atoms with Crippen molar-refractivity contribution < 1.29 is 38.8 Å². The van der Waals surface area contributed by atoms with E-state index in [1.165, 1.54) is 0 Å². The molecule has 1 fully saturated rings. The second-order valence-electron chi connectivity index (χ2n) is 4.79. The van der Waals surface area contributed by atoms with Crippen molar-refractivity contribution >= 4 is 19.9 Å². The molecule has 0 aliphatic carbocycles. The summed E-state index contributed by atoms with van der Waals surface area (Å²) in [6.45, 7) is -0.705. The average Bonchev–Trinajstić information content (AvgIpc) is 2.85. The highest BCUT2D eigenvalue weighted by Gasteiger charge is 2.48. The number of halogens is 5. The van der Waals surface area contributed by atoms with Gasteiger partial charge in [0, 0.05) is 13.1 Å². The molecule has 1 aromatic carbocycles. The van der Waals surface area contributed by atoms with E-state index in [1.807, 2.05) is 0 Å². The van der Waals surface area contributed by atoms with Crippen LogP contribution in [0.3, 0.4) is 0 Å². The van der Waals surface area contributed by atoms with E-state index in [0.29, 0.717) is 16.4 Å². The first-order valence-corrected chi connectivity index (χ1v) is 9.05. The first-order chi connectivity index (χ1) is 10.4. The van der Waals surface area contributed by atoms with Crippen molar-refractivity contribution in [1.82, 2.24) is 4.31 Å². The minimum Gasteiger partial charge on any atom is -0.246 e. The monoisotopic (exact) mass is 379 g/mol. The molecule has 130 valence electrons. The first kappa shape index (κ1) is 18.1. The predicted molar refractivity (Wildman–Crippen MR) is 67.9 cm³/mol. The van der Waals surface area contributed by atoms with Crippen LogP contribution in [-0.4, -0.2) is 45.9 Å². The Bertz CT molecular complexity index is 819. The van der Waals surface area contributed by atoms with Gasteiger partial charge in [0.05, 0.1) is 4.90 Å². The number of alkyl halides is 4. The van der Waals surface area contributed by atoms with Crippen molar-refractivity contribution in [1.29, 1.82) is 0 Å². The lowest BCUT2D eigenvalue weighted by atomic mass is 10.3. The van der Waals surface area contributed by atoms with Gasteiger partial charge in [0.1, 0.15) is 16.9 Å². The van der Waals surface area contributed by atoms with Crippen LogP contribution in [0, 0.1) is 5.82 Å². The Morgan fingerprint density at radius 1 is 1.13 bits per heavy atom. The molecule has 1 unspecified atom stereocenters. The molecule has 23 heavy (non-hydrogen) atoms. The molecule has 0 amide bonds. The van der Waals surface area contributed by atoms with Gasteiger partial charge in [-0.15, -0.1) is 0 Å². The van der Waals surface area contributed by atoms with Crippen LogP contribution >= 0.6 is 0 Å². The zero-order chi connectivity index (χ0) is 17.6. The summed E-state index contributed by atoms with van der Waals surface area (Å²) >= 11 is 0. The van der Waals surface area contributed by atoms with Gasteiger partial charge in [-0.25, -0.2) is 25.6 Å². The van der Waals surface area contributed by atoms with Gasteiger partial charge >= 0.3 is 5.51 Å². The molecule has 1 atom stereocenters. The second-order valence-corrected chi connectivity index (χ2v) is 8.64. The van der Waals surface area contributed by atoms with Gasteiger partial charge in [-0.1, -0.05) is 0 Å².